The van der Waals surface area contributed by atoms with Gasteiger partial charge in [-0.2, -0.15) is 0 Å². The number of hydrogen-bond donors (Lipinski definition) is 1. The van der Waals surface area contributed by atoms with Crippen LogP contribution in [-0.4, -0.2) is 24.7 Å². The van der Waals surface area contributed by atoms with Gasteiger partial charge in [-0.25, -0.2) is 4.98 Å². The van der Waals surface area contributed by atoms with Gasteiger partial charge in [-0.05, 0) is 62.7 Å². The Kier molecular flexibility index (Phi) is 5.36. The number of ether oxygens (including phenoxy) is 2. The number of aromatic nitrogens is 1. The predicted molar refractivity (Wildman–Crippen MR) is 91.6 cm³/mol. The molecule has 0 unspecified atom stereocenters. The highest BCUT2D eigenvalue weighted by atomic mass is 35.5. The molecule has 122 valence electrons. The second-order valence-electron chi connectivity index (χ2n) is 5.84. The summed E-state index contributed by atoms with van der Waals surface area (Å²) < 4.78 is 11.8. The lowest BCUT2D eigenvalue weighted by Gasteiger charge is -2.23. The minimum absolute atomic E-state index is 0.496. The number of rotatable bonds is 5. The van der Waals surface area contributed by atoms with Gasteiger partial charge in [-0.15, -0.1) is 0 Å². The smallest absolute Gasteiger partial charge is 0.262 e. The van der Waals surface area contributed by atoms with Crippen LogP contribution in [0.1, 0.15) is 18.5 Å². The molecule has 0 aliphatic carbocycles. The van der Waals surface area contributed by atoms with Crippen LogP contribution in [0.15, 0.2) is 36.4 Å². The summed E-state index contributed by atoms with van der Waals surface area (Å²) in [5, 5.41) is 4.08. The molecule has 4 nitrogen and oxygen atoms in total. The average Bonchev–Trinajstić information content (AvgIpc) is 2.57. The second kappa shape index (κ2) is 7.66. The van der Waals surface area contributed by atoms with E-state index in [1.807, 2.05) is 31.2 Å². The number of halogens is 1. The van der Waals surface area contributed by atoms with Gasteiger partial charge in [0.25, 0.3) is 5.88 Å². The SMILES string of the molecule is Cc1ccc(OC[C@H]2CCCNC2)c(Oc2ccc(Cl)cc2)n1. The monoisotopic (exact) mass is 332 g/mol. The highest BCUT2D eigenvalue weighted by molar-refractivity contribution is 6.30. The molecule has 3 rings (SSSR count). The van der Waals surface area contributed by atoms with E-state index >= 15 is 0 Å². The highest BCUT2D eigenvalue weighted by Gasteiger charge is 2.16. The molecule has 1 atom stereocenters. The molecule has 23 heavy (non-hydrogen) atoms. The number of nitrogens with zero attached hydrogens (tertiary/aromatic N) is 1. The fourth-order valence-electron chi connectivity index (χ4n) is 2.59. The van der Waals surface area contributed by atoms with E-state index in [9.17, 15) is 0 Å². The van der Waals surface area contributed by atoms with Crippen molar-refractivity contribution < 1.29 is 9.47 Å². The average molecular weight is 333 g/mol. The number of aryl methyl sites for hydroxylation is 1. The largest absolute Gasteiger partial charge is 0.488 e. The van der Waals surface area contributed by atoms with Crippen LogP contribution in [0.5, 0.6) is 17.4 Å². The van der Waals surface area contributed by atoms with Crippen molar-refractivity contribution in [2.75, 3.05) is 19.7 Å². The zero-order valence-corrected chi connectivity index (χ0v) is 14.0. The van der Waals surface area contributed by atoms with E-state index in [0.29, 0.717) is 34.9 Å². The summed E-state index contributed by atoms with van der Waals surface area (Å²) in [4.78, 5) is 4.46. The maximum absolute atomic E-state index is 5.97. The third kappa shape index (κ3) is 4.60. The Labute approximate surface area is 141 Å². The molecule has 0 saturated carbocycles. The molecule has 2 heterocycles. The van der Waals surface area contributed by atoms with Gasteiger partial charge in [0.1, 0.15) is 5.75 Å². The molecule has 1 aliphatic heterocycles. The number of piperidine rings is 1. The Morgan fingerprint density at radius 2 is 2.04 bits per heavy atom. The van der Waals surface area contributed by atoms with Crippen LogP contribution in [-0.2, 0) is 0 Å². The van der Waals surface area contributed by atoms with E-state index in [0.717, 1.165) is 18.8 Å². The molecular formula is C18H21ClN2O2. The number of nitrogens with one attached hydrogen (secondary N) is 1. The third-order valence-electron chi connectivity index (χ3n) is 3.87. The predicted octanol–water partition coefficient (Wildman–Crippen LogP) is 4.21. The molecule has 2 aromatic rings. The highest BCUT2D eigenvalue weighted by Crippen LogP contribution is 2.31. The molecule has 1 aromatic carbocycles. The second-order valence-corrected chi connectivity index (χ2v) is 6.27. The number of hydrogen-bond acceptors (Lipinski definition) is 4. The third-order valence-corrected chi connectivity index (χ3v) is 4.12. The van der Waals surface area contributed by atoms with Gasteiger partial charge in [0.15, 0.2) is 5.75 Å². The molecular weight excluding hydrogens is 312 g/mol. The summed E-state index contributed by atoms with van der Waals surface area (Å²) >= 11 is 5.91. The maximum atomic E-state index is 5.97. The van der Waals surface area contributed by atoms with Crippen LogP contribution >= 0.6 is 11.6 Å². The molecule has 0 amide bonds. The Morgan fingerprint density at radius 1 is 1.22 bits per heavy atom. The fraction of sp³-hybridized carbons (Fsp3) is 0.389. The molecule has 1 aromatic heterocycles. The van der Waals surface area contributed by atoms with Crippen LogP contribution < -0.4 is 14.8 Å². The van der Waals surface area contributed by atoms with Crippen molar-refractivity contribution in [3.05, 3.63) is 47.1 Å². The van der Waals surface area contributed by atoms with Crippen molar-refractivity contribution in [2.45, 2.75) is 19.8 Å². The van der Waals surface area contributed by atoms with Crippen LogP contribution in [0.2, 0.25) is 5.02 Å². The van der Waals surface area contributed by atoms with Gasteiger partial charge in [-0.1, -0.05) is 11.6 Å². The van der Waals surface area contributed by atoms with Gasteiger partial charge >= 0.3 is 0 Å². The summed E-state index contributed by atoms with van der Waals surface area (Å²) in [6, 6.07) is 11.1. The lowest BCUT2D eigenvalue weighted by atomic mass is 10.0. The zero-order valence-electron chi connectivity index (χ0n) is 13.2. The Bertz CT molecular complexity index is 640. The van der Waals surface area contributed by atoms with Crippen molar-refractivity contribution in [2.24, 2.45) is 5.92 Å². The van der Waals surface area contributed by atoms with Crippen molar-refractivity contribution in [3.63, 3.8) is 0 Å². The topological polar surface area (TPSA) is 43.4 Å². The van der Waals surface area contributed by atoms with E-state index in [1.54, 1.807) is 12.1 Å². The molecule has 1 aliphatic rings. The van der Waals surface area contributed by atoms with Crippen molar-refractivity contribution in [1.82, 2.24) is 10.3 Å². The summed E-state index contributed by atoms with van der Waals surface area (Å²) in [6.45, 7) is 4.72. The molecule has 0 spiro atoms. The summed E-state index contributed by atoms with van der Waals surface area (Å²) in [5.74, 6) is 2.40. The minimum atomic E-state index is 0.496. The van der Waals surface area contributed by atoms with Crippen LogP contribution in [0, 0.1) is 12.8 Å². The zero-order chi connectivity index (χ0) is 16.1. The van der Waals surface area contributed by atoms with Crippen LogP contribution in [0.25, 0.3) is 0 Å². The van der Waals surface area contributed by atoms with E-state index in [1.165, 1.54) is 12.8 Å². The molecule has 1 N–H and O–H groups in total. The maximum Gasteiger partial charge on any atom is 0.262 e. The van der Waals surface area contributed by atoms with Crippen LogP contribution in [0.3, 0.4) is 0 Å². The number of pyridine rings is 1. The van der Waals surface area contributed by atoms with Gasteiger partial charge in [0, 0.05) is 23.2 Å². The van der Waals surface area contributed by atoms with Crippen molar-refractivity contribution in [3.8, 4) is 17.4 Å². The molecule has 1 saturated heterocycles. The lowest BCUT2D eigenvalue weighted by Crippen LogP contribution is -2.33. The Hall–Kier alpha value is -1.78. The normalized spacial score (nSPS) is 17.7. The first-order chi connectivity index (χ1) is 11.2. The first kappa shape index (κ1) is 16.1. The van der Waals surface area contributed by atoms with E-state index in [4.69, 9.17) is 21.1 Å². The first-order valence-corrected chi connectivity index (χ1v) is 8.33. The fourth-order valence-corrected chi connectivity index (χ4v) is 2.72. The van der Waals surface area contributed by atoms with Gasteiger partial charge in [-0.3, -0.25) is 0 Å². The van der Waals surface area contributed by atoms with E-state index in [2.05, 4.69) is 10.3 Å². The van der Waals surface area contributed by atoms with Crippen LogP contribution in [0.4, 0.5) is 0 Å². The van der Waals surface area contributed by atoms with Crippen molar-refractivity contribution in [1.29, 1.82) is 0 Å². The molecule has 1 fully saturated rings. The molecule has 5 heteroatoms. The minimum Gasteiger partial charge on any atom is -0.488 e. The summed E-state index contributed by atoms with van der Waals surface area (Å²) in [6.07, 6.45) is 2.40. The molecule has 0 radical (unpaired) electrons. The molecule has 0 bridgehead atoms. The Balaban J connectivity index is 1.70. The summed E-state index contributed by atoms with van der Waals surface area (Å²) in [5.41, 5.74) is 0.889. The van der Waals surface area contributed by atoms with E-state index < -0.39 is 0 Å². The summed E-state index contributed by atoms with van der Waals surface area (Å²) in [7, 11) is 0. The van der Waals surface area contributed by atoms with Gasteiger partial charge in [0.05, 0.1) is 6.61 Å². The quantitative estimate of drug-likeness (QED) is 0.890. The van der Waals surface area contributed by atoms with Crippen molar-refractivity contribution >= 4 is 11.6 Å². The van der Waals surface area contributed by atoms with Gasteiger partial charge in [0.2, 0.25) is 0 Å². The Morgan fingerprint density at radius 3 is 2.78 bits per heavy atom. The lowest BCUT2D eigenvalue weighted by molar-refractivity contribution is 0.211. The van der Waals surface area contributed by atoms with E-state index in [-0.39, 0.29) is 0 Å². The first-order valence-electron chi connectivity index (χ1n) is 7.95. The standard InChI is InChI=1S/C18H21ClN2O2/c1-13-4-9-17(22-12-14-3-2-10-20-11-14)18(21-13)23-16-7-5-15(19)6-8-16/h4-9,14,20H,2-3,10-12H2,1H3/t14-/m0/s1. The number of benzene rings is 1. The van der Waals surface area contributed by atoms with Gasteiger partial charge < -0.3 is 14.8 Å².